The Kier molecular flexibility index (Phi) is 9.31. The van der Waals surface area contributed by atoms with E-state index in [1.165, 1.54) is 11.6 Å². The van der Waals surface area contributed by atoms with Gasteiger partial charge in [-0.15, -0.1) is 0 Å². The van der Waals surface area contributed by atoms with Gasteiger partial charge in [0, 0.05) is 12.0 Å². The number of carbonyl (C=O) groups is 1. The molecular weight excluding hydrogens is 451 g/mol. The van der Waals surface area contributed by atoms with E-state index in [-0.39, 0.29) is 22.9 Å². The van der Waals surface area contributed by atoms with Crippen LogP contribution in [0.15, 0.2) is 60.7 Å². The third-order valence-electron chi connectivity index (χ3n) is 6.55. The molecule has 0 spiro atoms. The van der Waals surface area contributed by atoms with Gasteiger partial charge in [-0.1, -0.05) is 64.8 Å². The van der Waals surface area contributed by atoms with Crippen molar-refractivity contribution >= 4 is 5.78 Å². The van der Waals surface area contributed by atoms with Gasteiger partial charge in [-0.25, -0.2) is 4.39 Å². The van der Waals surface area contributed by atoms with Crippen molar-refractivity contribution in [3.8, 4) is 22.6 Å². The van der Waals surface area contributed by atoms with Crippen molar-refractivity contribution in [2.45, 2.75) is 78.2 Å². The molecule has 0 saturated heterocycles. The van der Waals surface area contributed by atoms with Crippen LogP contribution >= 0.6 is 0 Å². The monoisotopic (exact) mass is 490 g/mol. The van der Waals surface area contributed by atoms with E-state index in [9.17, 15) is 9.18 Å². The number of rotatable bonds is 11. The first-order valence-corrected chi connectivity index (χ1v) is 12.8. The molecule has 4 heteroatoms. The number of hydrogen-bond acceptors (Lipinski definition) is 3. The van der Waals surface area contributed by atoms with Gasteiger partial charge in [0.2, 0.25) is 0 Å². The summed E-state index contributed by atoms with van der Waals surface area (Å²) in [6.07, 6.45) is 3.81. The summed E-state index contributed by atoms with van der Waals surface area (Å²) >= 11 is 0. The number of unbranched alkanes of at least 4 members (excludes halogenated alkanes) is 1. The molecular formula is C32H39FO3. The smallest absolute Gasteiger partial charge is 0.131 e. The van der Waals surface area contributed by atoms with Crippen molar-refractivity contribution in [2.24, 2.45) is 0 Å². The second kappa shape index (κ2) is 12.2. The van der Waals surface area contributed by atoms with Crippen LogP contribution in [0.2, 0.25) is 0 Å². The van der Waals surface area contributed by atoms with Gasteiger partial charge in [0.15, 0.2) is 0 Å². The van der Waals surface area contributed by atoms with Crippen LogP contribution in [-0.4, -0.2) is 12.9 Å². The SMILES string of the molecule is CCCC[C@H](CC(C)=O)c1ccc(OCc2ccc(C(C)(C)C)c(-c3cc(OC)ccc3F)c2)cc1. The van der Waals surface area contributed by atoms with Gasteiger partial charge < -0.3 is 14.3 Å². The Morgan fingerprint density at radius 1 is 0.944 bits per heavy atom. The van der Waals surface area contributed by atoms with Gasteiger partial charge in [-0.2, -0.15) is 0 Å². The Hall–Kier alpha value is -3.14. The van der Waals surface area contributed by atoms with Gasteiger partial charge in [0.1, 0.15) is 29.7 Å². The van der Waals surface area contributed by atoms with E-state index < -0.39 is 0 Å². The van der Waals surface area contributed by atoms with E-state index in [0.717, 1.165) is 41.7 Å². The summed E-state index contributed by atoms with van der Waals surface area (Å²) < 4.78 is 26.3. The number of hydrogen-bond donors (Lipinski definition) is 0. The number of halogens is 1. The highest BCUT2D eigenvalue weighted by atomic mass is 19.1. The van der Waals surface area contributed by atoms with Crippen molar-refractivity contribution < 1.29 is 18.7 Å². The Labute approximate surface area is 215 Å². The fourth-order valence-corrected chi connectivity index (χ4v) is 4.58. The maximum atomic E-state index is 14.9. The van der Waals surface area contributed by atoms with Gasteiger partial charge in [0.05, 0.1) is 7.11 Å². The maximum absolute atomic E-state index is 14.9. The summed E-state index contributed by atoms with van der Waals surface area (Å²) in [5.74, 6) is 1.58. The lowest BCUT2D eigenvalue weighted by Gasteiger charge is -2.24. The first-order chi connectivity index (χ1) is 17.1. The second-order valence-electron chi connectivity index (χ2n) is 10.6. The molecule has 0 heterocycles. The minimum Gasteiger partial charge on any atom is -0.497 e. The Bertz CT molecular complexity index is 1160. The Balaban J connectivity index is 1.82. The van der Waals surface area contributed by atoms with E-state index in [4.69, 9.17) is 9.47 Å². The van der Waals surface area contributed by atoms with Crippen LogP contribution in [0.3, 0.4) is 0 Å². The summed E-state index contributed by atoms with van der Waals surface area (Å²) in [5.41, 5.74) is 4.41. The largest absolute Gasteiger partial charge is 0.497 e. The van der Waals surface area contributed by atoms with Crippen LogP contribution in [0.25, 0.3) is 11.1 Å². The molecule has 1 atom stereocenters. The van der Waals surface area contributed by atoms with E-state index in [0.29, 0.717) is 24.3 Å². The number of benzene rings is 3. The van der Waals surface area contributed by atoms with Crippen LogP contribution < -0.4 is 9.47 Å². The lowest BCUT2D eigenvalue weighted by molar-refractivity contribution is -0.117. The average Bonchev–Trinajstić information content (AvgIpc) is 2.85. The number of ketones is 1. The van der Waals surface area contributed by atoms with Crippen molar-refractivity contribution in [3.63, 3.8) is 0 Å². The highest BCUT2D eigenvalue weighted by Gasteiger charge is 2.21. The molecule has 3 aromatic carbocycles. The minimum absolute atomic E-state index is 0.158. The van der Waals surface area contributed by atoms with Crippen molar-refractivity contribution in [1.29, 1.82) is 0 Å². The molecule has 0 bridgehead atoms. The van der Waals surface area contributed by atoms with Gasteiger partial charge in [0.25, 0.3) is 0 Å². The molecule has 3 rings (SSSR count). The molecule has 0 N–H and O–H groups in total. The first-order valence-electron chi connectivity index (χ1n) is 12.8. The van der Waals surface area contributed by atoms with Crippen LogP contribution in [0.4, 0.5) is 4.39 Å². The molecule has 0 aliphatic carbocycles. The van der Waals surface area contributed by atoms with Crippen LogP contribution in [0.5, 0.6) is 11.5 Å². The lowest BCUT2D eigenvalue weighted by atomic mass is 9.81. The molecule has 0 amide bonds. The molecule has 36 heavy (non-hydrogen) atoms. The summed E-state index contributed by atoms with van der Waals surface area (Å²) in [5, 5.41) is 0. The molecule has 0 radical (unpaired) electrons. The highest BCUT2D eigenvalue weighted by molar-refractivity contribution is 5.76. The zero-order valence-electron chi connectivity index (χ0n) is 22.5. The van der Waals surface area contributed by atoms with E-state index in [2.05, 4.69) is 45.9 Å². The van der Waals surface area contributed by atoms with Crippen LogP contribution in [0.1, 0.15) is 82.9 Å². The van der Waals surface area contributed by atoms with Gasteiger partial charge in [-0.3, -0.25) is 0 Å². The normalized spacial score (nSPS) is 12.3. The second-order valence-corrected chi connectivity index (χ2v) is 10.6. The van der Waals surface area contributed by atoms with E-state index in [1.807, 2.05) is 24.3 Å². The van der Waals surface area contributed by atoms with Crippen LogP contribution in [-0.2, 0) is 16.8 Å². The number of carbonyl (C=O) groups excluding carboxylic acids is 1. The van der Waals surface area contributed by atoms with Crippen molar-refractivity contribution in [3.05, 3.63) is 83.2 Å². The summed E-state index contributed by atoms with van der Waals surface area (Å²) in [7, 11) is 1.59. The van der Waals surface area contributed by atoms with Gasteiger partial charge in [-0.05, 0) is 83.3 Å². The predicted molar refractivity (Wildman–Crippen MR) is 145 cm³/mol. The molecule has 0 aliphatic rings. The Morgan fingerprint density at radius 2 is 1.64 bits per heavy atom. The predicted octanol–water partition coefficient (Wildman–Crippen LogP) is 8.63. The zero-order valence-corrected chi connectivity index (χ0v) is 22.5. The lowest BCUT2D eigenvalue weighted by Crippen LogP contribution is -2.13. The number of Topliss-reactive ketones (excluding diaryl/α,β-unsaturated/α-hetero) is 1. The van der Waals surface area contributed by atoms with Crippen molar-refractivity contribution in [1.82, 2.24) is 0 Å². The molecule has 3 nitrogen and oxygen atoms in total. The fraction of sp³-hybridized carbons (Fsp3) is 0.406. The molecule has 3 aromatic rings. The van der Waals surface area contributed by atoms with E-state index >= 15 is 0 Å². The maximum Gasteiger partial charge on any atom is 0.131 e. The molecule has 0 aromatic heterocycles. The highest BCUT2D eigenvalue weighted by Crippen LogP contribution is 2.37. The van der Waals surface area contributed by atoms with E-state index in [1.54, 1.807) is 26.2 Å². The topological polar surface area (TPSA) is 35.5 Å². The van der Waals surface area contributed by atoms with Crippen molar-refractivity contribution in [2.75, 3.05) is 7.11 Å². The standard InChI is InChI=1S/C32H39FO3/c1-7-8-9-25(18-22(2)34)24-11-13-26(14-12-24)36-21-23-10-16-30(32(3,4)5)28(19-23)29-20-27(35-6)15-17-31(29)33/h10-17,19-20,25H,7-9,18,21H2,1-6H3/t25-/m1/s1. The molecule has 0 unspecified atom stereocenters. The third-order valence-corrected chi connectivity index (χ3v) is 6.55. The Morgan fingerprint density at radius 3 is 2.25 bits per heavy atom. The minimum atomic E-state index is -0.279. The molecule has 0 saturated carbocycles. The molecule has 0 fully saturated rings. The van der Waals surface area contributed by atoms with Crippen LogP contribution in [0, 0.1) is 5.82 Å². The first kappa shape index (κ1) is 27.4. The summed E-state index contributed by atoms with van der Waals surface area (Å²) in [6.45, 7) is 10.6. The summed E-state index contributed by atoms with van der Waals surface area (Å²) in [4.78, 5) is 11.7. The average molecular weight is 491 g/mol. The fourth-order valence-electron chi connectivity index (χ4n) is 4.58. The molecule has 192 valence electrons. The van der Waals surface area contributed by atoms with Gasteiger partial charge >= 0.3 is 0 Å². The number of ether oxygens (including phenoxy) is 2. The quantitative estimate of drug-likeness (QED) is 0.270. The molecule has 0 aliphatic heterocycles. The zero-order chi connectivity index (χ0) is 26.3. The number of methoxy groups -OCH3 is 1. The third kappa shape index (κ3) is 7.19. The summed E-state index contributed by atoms with van der Waals surface area (Å²) in [6, 6.07) is 19.0.